The molecule has 0 saturated carbocycles. The second-order valence-corrected chi connectivity index (χ2v) is 5.35. The predicted octanol–water partition coefficient (Wildman–Crippen LogP) is 2.40. The molecular formula is C15H22Cl2N2O2. The first-order valence-electron chi connectivity index (χ1n) is 7.00. The lowest BCUT2D eigenvalue weighted by Crippen LogP contribution is -2.34. The smallest absolute Gasteiger partial charge is 0.323 e. The van der Waals surface area contributed by atoms with E-state index in [2.05, 4.69) is 4.90 Å². The summed E-state index contributed by atoms with van der Waals surface area (Å²) in [5, 5.41) is 0. The number of benzene rings is 1. The van der Waals surface area contributed by atoms with Crippen molar-refractivity contribution < 1.29 is 9.53 Å². The van der Waals surface area contributed by atoms with Crippen molar-refractivity contribution in [2.24, 2.45) is 5.73 Å². The van der Waals surface area contributed by atoms with Crippen molar-refractivity contribution in [1.29, 1.82) is 0 Å². The maximum atomic E-state index is 11.5. The van der Waals surface area contributed by atoms with Crippen LogP contribution in [0.5, 0.6) is 0 Å². The Labute approximate surface area is 136 Å². The van der Waals surface area contributed by atoms with Gasteiger partial charge < -0.3 is 15.4 Å². The highest BCUT2D eigenvalue weighted by atomic mass is 35.5. The van der Waals surface area contributed by atoms with Gasteiger partial charge in [-0.3, -0.25) is 4.79 Å². The van der Waals surface area contributed by atoms with Gasteiger partial charge in [-0.25, -0.2) is 0 Å². The number of rotatable bonds is 9. The van der Waals surface area contributed by atoms with E-state index in [1.165, 1.54) is 0 Å². The van der Waals surface area contributed by atoms with E-state index in [0.29, 0.717) is 24.8 Å². The summed E-state index contributed by atoms with van der Waals surface area (Å²) in [4.78, 5) is 13.6. The van der Waals surface area contributed by atoms with E-state index >= 15 is 0 Å². The van der Waals surface area contributed by atoms with Crippen LogP contribution >= 0.6 is 23.2 Å². The van der Waals surface area contributed by atoms with E-state index in [4.69, 9.17) is 33.7 Å². The monoisotopic (exact) mass is 332 g/mol. The fourth-order valence-electron chi connectivity index (χ4n) is 2.00. The van der Waals surface area contributed by atoms with Crippen LogP contribution in [0.3, 0.4) is 0 Å². The highest BCUT2D eigenvalue weighted by molar-refractivity contribution is 6.18. The van der Waals surface area contributed by atoms with Gasteiger partial charge in [0.05, 0.1) is 6.61 Å². The van der Waals surface area contributed by atoms with Crippen LogP contribution in [0.2, 0.25) is 0 Å². The minimum absolute atomic E-state index is 0.345. The number of ether oxygens (including phenoxy) is 1. The minimum Gasteiger partial charge on any atom is -0.465 e. The zero-order valence-corrected chi connectivity index (χ0v) is 13.7. The average molecular weight is 333 g/mol. The van der Waals surface area contributed by atoms with Crippen LogP contribution in [0.4, 0.5) is 5.69 Å². The van der Waals surface area contributed by atoms with Gasteiger partial charge in [0.25, 0.3) is 0 Å². The Morgan fingerprint density at radius 2 is 1.81 bits per heavy atom. The van der Waals surface area contributed by atoms with Crippen molar-refractivity contribution in [2.45, 2.75) is 19.4 Å². The summed E-state index contributed by atoms with van der Waals surface area (Å²) in [5.41, 5.74) is 7.86. The third-order valence-electron chi connectivity index (χ3n) is 3.06. The van der Waals surface area contributed by atoms with E-state index in [1.54, 1.807) is 6.92 Å². The van der Waals surface area contributed by atoms with Crippen molar-refractivity contribution in [1.82, 2.24) is 0 Å². The summed E-state index contributed by atoms with van der Waals surface area (Å²) >= 11 is 11.6. The van der Waals surface area contributed by atoms with Gasteiger partial charge in [-0.2, -0.15) is 0 Å². The van der Waals surface area contributed by atoms with Crippen molar-refractivity contribution in [2.75, 3.05) is 36.4 Å². The van der Waals surface area contributed by atoms with Gasteiger partial charge in [-0.1, -0.05) is 12.1 Å². The van der Waals surface area contributed by atoms with Crippen LogP contribution in [-0.4, -0.2) is 43.5 Å². The van der Waals surface area contributed by atoms with E-state index in [-0.39, 0.29) is 5.97 Å². The number of esters is 1. The molecule has 1 aromatic carbocycles. The molecule has 21 heavy (non-hydrogen) atoms. The highest BCUT2D eigenvalue weighted by Crippen LogP contribution is 2.16. The summed E-state index contributed by atoms with van der Waals surface area (Å²) in [6.45, 7) is 3.60. The SMILES string of the molecule is CCOC(=O)[C@@H](N)Cc1ccc(N(CCCl)CCCl)cc1. The van der Waals surface area contributed by atoms with Gasteiger partial charge in [0.1, 0.15) is 6.04 Å². The number of nitrogens with two attached hydrogens (primary N) is 1. The van der Waals surface area contributed by atoms with Crippen molar-refractivity contribution >= 4 is 34.9 Å². The molecule has 0 amide bonds. The largest absolute Gasteiger partial charge is 0.465 e. The molecule has 0 heterocycles. The number of nitrogens with zero attached hydrogens (tertiary/aromatic N) is 1. The fraction of sp³-hybridized carbons (Fsp3) is 0.533. The van der Waals surface area contributed by atoms with Crippen LogP contribution in [-0.2, 0) is 16.0 Å². The van der Waals surface area contributed by atoms with Gasteiger partial charge in [0, 0.05) is 30.5 Å². The standard InChI is InChI=1S/C15H22Cl2N2O2/c1-2-21-15(20)14(18)11-12-3-5-13(6-4-12)19(9-7-16)10-8-17/h3-6,14H,2,7-11,18H2,1H3/t14-/m0/s1. The molecule has 0 aromatic heterocycles. The number of alkyl halides is 2. The second-order valence-electron chi connectivity index (χ2n) is 4.59. The number of anilines is 1. The van der Waals surface area contributed by atoms with Crippen molar-refractivity contribution in [3.05, 3.63) is 29.8 Å². The van der Waals surface area contributed by atoms with E-state index in [0.717, 1.165) is 24.3 Å². The molecule has 1 aromatic rings. The van der Waals surface area contributed by atoms with Crippen LogP contribution in [0.1, 0.15) is 12.5 Å². The zero-order chi connectivity index (χ0) is 15.7. The molecule has 0 aliphatic carbocycles. The molecule has 0 aliphatic rings. The number of carbonyl (C=O) groups excluding carboxylic acids is 1. The molecule has 0 radical (unpaired) electrons. The Balaban J connectivity index is 2.66. The first kappa shape index (κ1) is 18.1. The number of halogens is 2. The molecule has 0 fully saturated rings. The second kappa shape index (κ2) is 9.87. The Hall–Kier alpha value is -0.970. The molecule has 118 valence electrons. The van der Waals surface area contributed by atoms with E-state index in [1.807, 2.05) is 24.3 Å². The van der Waals surface area contributed by atoms with Crippen molar-refractivity contribution in [3.63, 3.8) is 0 Å². The topological polar surface area (TPSA) is 55.6 Å². The lowest BCUT2D eigenvalue weighted by Gasteiger charge is -2.23. The van der Waals surface area contributed by atoms with Gasteiger partial charge in [-0.15, -0.1) is 23.2 Å². The number of hydrogen-bond acceptors (Lipinski definition) is 4. The van der Waals surface area contributed by atoms with Crippen LogP contribution in [0, 0.1) is 0 Å². The van der Waals surface area contributed by atoms with Gasteiger partial charge >= 0.3 is 5.97 Å². The van der Waals surface area contributed by atoms with Gasteiger partial charge in [0.15, 0.2) is 0 Å². The van der Waals surface area contributed by atoms with Crippen LogP contribution < -0.4 is 10.6 Å². The van der Waals surface area contributed by atoms with Crippen molar-refractivity contribution in [3.8, 4) is 0 Å². The van der Waals surface area contributed by atoms with E-state index in [9.17, 15) is 4.79 Å². The van der Waals surface area contributed by atoms with Crippen LogP contribution in [0.25, 0.3) is 0 Å². The third kappa shape index (κ3) is 6.12. The lowest BCUT2D eigenvalue weighted by atomic mass is 10.1. The molecule has 0 spiro atoms. The maximum absolute atomic E-state index is 11.5. The molecule has 2 N–H and O–H groups in total. The van der Waals surface area contributed by atoms with Crippen LogP contribution in [0.15, 0.2) is 24.3 Å². The summed E-state index contributed by atoms with van der Waals surface area (Å²) in [6, 6.07) is 7.28. The Morgan fingerprint density at radius 3 is 2.29 bits per heavy atom. The molecule has 0 unspecified atom stereocenters. The molecule has 4 nitrogen and oxygen atoms in total. The average Bonchev–Trinajstić information content (AvgIpc) is 2.48. The zero-order valence-electron chi connectivity index (χ0n) is 12.2. The first-order chi connectivity index (χ1) is 10.1. The Morgan fingerprint density at radius 1 is 1.24 bits per heavy atom. The number of carbonyl (C=O) groups is 1. The number of hydrogen-bond donors (Lipinski definition) is 1. The Bertz CT molecular complexity index is 420. The molecule has 1 atom stereocenters. The predicted molar refractivity (Wildman–Crippen MR) is 88.4 cm³/mol. The molecule has 0 bridgehead atoms. The fourth-order valence-corrected chi connectivity index (χ4v) is 2.41. The summed E-state index contributed by atoms with van der Waals surface area (Å²) in [7, 11) is 0. The minimum atomic E-state index is -0.627. The molecule has 6 heteroatoms. The first-order valence-corrected chi connectivity index (χ1v) is 8.07. The molecule has 1 rings (SSSR count). The summed E-state index contributed by atoms with van der Waals surface area (Å²) in [6.07, 6.45) is 0.462. The molecule has 0 aliphatic heterocycles. The lowest BCUT2D eigenvalue weighted by molar-refractivity contribution is -0.144. The van der Waals surface area contributed by atoms with Gasteiger partial charge in [0.2, 0.25) is 0 Å². The summed E-state index contributed by atoms with van der Waals surface area (Å²) in [5.74, 6) is 0.728. The quantitative estimate of drug-likeness (QED) is 0.557. The van der Waals surface area contributed by atoms with Gasteiger partial charge in [-0.05, 0) is 31.0 Å². The molecule has 0 saturated heterocycles. The Kier molecular flexibility index (Phi) is 8.50. The highest BCUT2D eigenvalue weighted by Gasteiger charge is 2.15. The summed E-state index contributed by atoms with van der Waals surface area (Å²) < 4.78 is 4.90. The van der Waals surface area contributed by atoms with E-state index < -0.39 is 6.04 Å². The molecular weight excluding hydrogens is 311 g/mol. The normalized spacial score (nSPS) is 12.0. The third-order valence-corrected chi connectivity index (χ3v) is 3.39. The maximum Gasteiger partial charge on any atom is 0.323 e.